The number of methoxy groups -OCH3 is 1. The SMILES string of the molecule is COC(=O)CNC(=O)CCn1c(-c2ccccc2)cc2ccccc21. The van der Waals surface area contributed by atoms with Crippen molar-refractivity contribution in [1.29, 1.82) is 0 Å². The third kappa shape index (κ3) is 3.88. The molecule has 1 aromatic heterocycles. The fourth-order valence-electron chi connectivity index (χ4n) is 2.84. The Labute approximate surface area is 146 Å². The number of benzene rings is 2. The highest BCUT2D eigenvalue weighted by Crippen LogP contribution is 2.28. The molecule has 0 aliphatic heterocycles. The first kappa shape index (κ1) is 16.8. The number of nitrogens with one attached hydrogen (secondary N) is 1. The molecule has 5 heteroatoms. The summed E-state index contributed by atoms with van der Waals surface area (Å²) in [6.45, 7) is 0.429. The maximum atomic E-state index is 12.0. The van der Waals surface area contributed by atoms with E-state index in [2.05, 4.69) is 38.9 Å². The second kappa shape index (κ2) is 7.66. The topological polar surface area (TPSA) is 60.3 Å². The number of nitrogens with zero attached hydrogens (tertiary/aromatic N) is 1. The van der Waals surface area contributed by atoms with E-state index in [-0.39, 0.29) is 18.9 Å². The van der Waals surface area contributed by atoms with Crippen LogP contribution in [-0.2, 0) is 20.9 Å². The number of hydrogen-bond acceptors (Lipinski definition) is 3. The molecule has 0 bridgehead atoms. The van der Waals surface area contributed by atoms with E-state index in [4.69, 9.17) is 0 Å². The van der Waals surface area contributed by atoms with Gasteiger partial charge in [0.25, 0.3) is 0 Å². The molecule has 0 atom stereocenters. The maximum Gasteiger partial charge on any atom is 0.325 e. The molecule has 1 heterocycles. The third-order valence-electron chi connectivity index (χ3n) is 4.10. The Morgan fingerprint density at radius 3 is 2.52 bits per heavy atom. The fraction of sp³-hybridized carbons (Fsp3) is 0.200. The van der Waals surface area contributed by atoms with Crippen LogP contribution in [0.1, 0.15) is 6.42 Å². The average molecular weight is 336 g/mol. The van der Waals surface area contributed by atoms with E-state index < -0.39 is 5.97 Å². The predicted octanol–water partition coefficient (Wildman–Crippen LogP) is 2.99. The smallest absolute Gasteiger partial charge is 0.325 e. The Bertz CT molecular complexity index is 884. The van der Waals surface area contributed by atoms with Crippen LogP contribution in [0, 0.1) is 0 Å². The lowest BCUT2D eigenvalue weighted by Crippen LogP contribution is -2.30. The summed E-state index contributed by atoms with van der Waals surface area (Å²) < 4.78 is 6.67. The number of rotatable bonds is 6. The van der Waals surface area contributed by atoms with Gasteiger partial charge in [-0.2, -0.15) is 0 Å². The highest BCUT2D eigenvalue weighted by molar-refractivity contribution is 5.87. The number of para-hydroxylation sites is 1. The Balaban J connectivity index is 1.82. The van der Waals surface area contributed by atoms with Crippen molar-refractivity contribution in [2.24, 2.45) is 0 Å². The highest BCUT2D eigenvalue weighted by Gasteiger charge is 2.12. The van der Waals surface area contributed by atoms with Crippen LogP contribution in [0.2, 0.25) is 0 Å². The Kier molecular flexibility index (Phi) is 5.14. The first-order valence-corrected chi connectivity index (χ1v) is 8.16. The summed E-state index contributed by atoms with van der Waals surface area (Å²) in [4.78, 5) is 23.1. The minimum absolute atomic E-state index is 0.104. The number of amides is 1. The van der Waals surface area contributed by atoms with Gasteiger partial charge in [-0.25, -0.2) is 0 Å². The van der Waals surface area contributed by atoms with E-state index in [0.717, 1.165) is 22.2 Å². The number of carbonyl (C=O) groups is 2. The van der Waals surface area contributed by atoms with E-state index in [0.29, 0.717) is 6.54 Å². The molecule has 0 saturated heterocycles. The Morgan fingerprint density at radius 2 is 1.76 bits per heavy atom. The summed E-state index contributed by atoms with van der Waals surface area (Å²) in [5.74, 6) is -0.632. The zero-order chi connectivity index (χ0) is 17.6. The van der Waals surface area contributed by atoms with Crippen LogP contribution in [0.5, 0.6) is 0 Å². The number of aromatic nitrogens is 1. The van der Waals surface area contributed by atoms with E-state index in [1.165, 1.54) is 7.11 Å². The quantitative estimate of drug-likeness (QED) is 0.704. The van der Waals surface area contributed by atoms with Gasteiger partial charge in [0.05, 0.1) is 7.11 Å². The van der Waals surface area contributed by atoms with Crippen molar-refractivity contribution < 1.29 is 14.3 Å². The second-order valence-electron chi connectivity index (χ2n) is 5.71. The molecule has 3 aromatic rings. The standard InChI is InChI=1S/C20H20N2O3/c1-25-20(24)14-21-19(23)11-12-22-17-10-6-5-9-16(17)13-18(22)15-7-3-2-4-8-15/h2-10,13H,11-12,14H2,1H3,(H,21,23). The summed E-state index contributed by atoms with van der Waals surface area (Å²) in [5.41, 5.74) is 3.26. The molecular formula is C20H20N2O3. The average Bonchev–Trinajstić information content (AvgIpc) is 3.03. The van der Waals surface area contributed by atoms with Crippen molar-refractivity contribution in [2.45, 2.75) is 13.0 Å². The first-order chi connectivity index (χ1) is 12.2. The fourth-order valence-corrected chi connectivity index (χ4v) is 2.84. The van der Waals surface area contributed by atoms with Crippen molar-refractivity contribution >= 4 is 22.8 Å². The van der Waals surface area contributed by atoms with Crippen LogP contribution in [-0.4, -0.2) is 30.1 Å². The molecule has 2 aromatic carbocycles. The molecule has 0 aliphatic rings. The molecule has 0 unspecified atom stereocenters. The molecule has 1 amide bonds. The predicted molar refractivity (Wildman–Crippen MR) is 97.0 cm³/mol. The number of hydrogen-bond donors (Lipinski definition) is 1. The zero-order valence-corrected chi connectivity index (χ0v) is 14.1. The number of ether oxygens (including phenoxy) is 1. The van der Waals surface area contributed by atoms with Crippen LogP contribution in [0.3, 0.4) is 0 Å². The Hall–Kier alpha value is -3.08. The van der Waals surface area contributed by atoms with Gasteiger partial charge >= 0.3 is 5.97 Å². The van der Waals surface area contributed by atoms with Gasteiger partial charge in [0, 0.05) is 29.6 Å². The molecule has 0 aliphatic carbocycles. The summed E-state index contributed by atoms with van der Waals surface area (Å²) in [6.07, 6.45) is 0.287. The van der Waals surface area contributed by atoms with Crippen LogP contribution < -0.4 is 5.32 Å². The van der Waals surface area contributed by atoms with Crippen molar-refractivity contribution in [2.75, 3.05) is 13.7 Å². The van der Waals surface area contributed by atoms with Crippen LogP contribution >= 0.6 is 0 Å². The Morgan fingerprint density at radius 1 is 1.04 bits per heavy atom. The lowest BCUT2D eigenvalue weighted by atomic mass is 10.1. The van der Waals surface area contributed by atoms with Crippen LogP contribution in [0.15, 0.2) is 60.7 Å². The van der Waals surface area contributed by atoms with Gasteiger partial charge in [0.2, 0.25) is 5.91 Å². The number of aryl methyl sites for hydroxylation is 1. The molecule has 0 radical (unpaired) electrons. The monoisotopic (exact) mass is 336 g/mol. The van der Waals surface area contributed by atoms with Gasteiger partial charge in [-0.05, 0) is 17.7 Å². The lowest BCUT2D eigenvalue weighted by molar-refractivity contribution is -0.141. The third-order valence-corrected chi connectivity index (χ3v) is 4.10. The zero-order valence-electron chi connectivity index (χ0n) is 14.1. The normalized spacial score (nSPS) is 10.6. The minimum atomic E-state index is -0.454. The number of fused-ring (bicyclic) bond motifs is 1. The van der Waals surface area contributed by atoms with Crippen LogP contribution in [0.25, 0.3) is 22.2 Å². The number of esters is 1. The van der Waals surface area contributed by atoms with Crippen molar-refractivity contribution in [1.82, 2.24) is 9.88 Å². The highest BCUT2D eigenvalue weighted by atomic mass is 16.5. The van der Waals surface area contributed by atoms with E-state index in [9.17, 15) is 9.59 Å². The molecule has 128 valence electrons. The minimum Gasteiger partial charge on any atom is -0.468 e. The van der Waals surface area contributed by atoms with Gasteiger partial charge in [0.15, 0.2) is 0 Å². The summed E-state index contributed by atoms with van der Waals surface area (Å²) >= 11 is 0. The largest absolute Gasteiger partial charge is 0.468 e. The van der Waals surface area contributed by atoms with E-state index in [1.54, 1.807) is 0 Å². The van der Waals surface area contributed by atoms with Gasteiger partial charge in [-0.15, -0.1) is 0 Å². The van der Waals surface area contributed by atoms with Gasteiger partial charge in [0.1, 0.15) is 6.54 Å². The van der Waals surface area contributed by atoms with E-state index in [1.807, 2.05) is 36.4 Å². The summed E-state index contributed by atoms with van der Waals surface area (Å²) in [7, 11) is 1.30. The molecule has 1 N–H and O–H groups in total. The van der Waals surface area contributed by atoms with Gasteiger partial charge in [-0.1, -0.05) is 48.5 Å². The first-order valence-electron chi connectivity index (χ1n) is 8.16. The molecule has 0 saturated carbocycles. The van der Waals surface area contributed by atoms with Gasteiger partial charge < -0.3 is 14.6 Å². The van der Waals surface area contributed by atoms with Crippen molar-refractivity contribution in [3.8, 4) is 11.3 Å². The van der Waals surface area contributed by atoms with Crippen molar-refractivity contribution in [3.63, 3.8) is 0 Å². The summed E-state index contributed by atoms with van der Waals surface area (Å²) in [5, 5.41) is 3.71. The number of carbonyl (C=O) groups excluding carboxylic acids is 2. The van der Waals surface area contributed by atoms with Crippen molar-refractivity contribution in [3.05, 3.63) is 60.7 Å². The molecule has 3 rings (SSSR count). The van der Waals surface area contributed by atoms with Gasteiger partial charge in [-0.3, -0.25) is 9.59 Å². The molecule has 0 fully saturated rings. The molecular weight excluding hydrogens is 316 g/mol. The van der Waals surface area contributed by atoms with Crippen LogP contribution in [0.4, 0.5) is 0 Å². The lowest BCUT2D eigenvalue weighted by Gasteiger charge is -2.11. The molecule has 0 spiro atoms. The maximum absolute atomic E-state index is 12.0. The summed E-state index contributed by atoms with van der Waals surface area (Å²) in [6, 6.07) is 20.3. The second-order valence-corrected chi connectivity index (χ2v) is 5.71. The molecule has 5 nitrogen and oxygen atoms in total. The van der Waals surface area contributed by atoms with E-state index >= 15 is 0 Å². The molecule has 25 heavy (non-hydrogen) atoms.